The van der Waals surface area contributed by atoms with Crippen molar-refractivity contribution in [2.45, 2.75) is 25.9 Å². The zero-order chi connectivity index (χ0) is 12.3. The third-order valence-corrected chi connectivity index (χ3v) is 3.05. The van der Waals surface area contributed by atoms with Gasteiger partial charge < -0.3 is 9.88 Å². The van der Waals surface area contributed by atoms with Gasteiger partial charge in [-0.25, -0.2) is 4.98 Å². The first-order valence-electron chi connectivity index (χ1n) is 5.96. The van der Waals surface area contributed by atoms with Crippen LogP contribution in [0.15, 0.2) is 42.7 Å². The minimum atomic E-state index is 0.241. The van der Waals surface area contributed by atoms with Crippen LogP contribution in [0.2, 0.25) is 0 Å². The summed E-state index contributed by atoms with van der Waals surface area (Å²) in [5.41, 5.74) is 1.30. The van der Waals surface area contributed by atoms with E-state index in [-0.39, 0.29) is 6.04 Å². The van der Waals surface area contributed by atoms with E-state index in [0.717, 1.165) is 5.82 Å². The second-order valence-electron chi connectivity index (χ2n) is 4.42. The maximum Gasteiger partial charge on any atom is 0.125 e. The Bertz CT molecular complexity index is 461. The molecule has 0 bridgehead atoms. The molecule has 17 heavy (non-hydrogen) atoms. The van der Waals surface area contributed by atoms with Crippen LogP contribution in [0.25, 0.3) is 0 Å². The lowest BCUT2D eigenvalue weighted by Gasteiger charge is -2.20. The molecule has 1 unspecified atom stereocenters. The molecule has 1 aromatic carbocycles. The Morgan fingerprint density at radius 1 is 1.12 bits per heavy atom. The summed E-state index contributed by atoms with van der Waals surface area (Å²) in [7, 11) is 2.02. The summed E-state index contributed by atoms with van der Waals surface area (Å²) < 4.78 is 2.05. The molecule has 0 spiro atoms. The number of hydrogen-bond acceptors (Lipinski definition) is 2. The van der Waals surface area contributed by atoms with E-state index >= 15 is 0 Å². The molecule has 0 aliphatic rings. The van der Waals surface area contributed by atoms with Crippen LogP contribution in [0, 0.1) is 0 Å². The maximum atomic E-state index is 4.36. The fourth-order valence-corrected chi connectivity index (χ4v) is 2.08. The Labute approximate surface area is 103 Å². The van der Waals surface area contributed by atoms with Gasteiger partial charge in [0.2, 0.25) is 0 Å². The van der Waals surface area contributed by atoms with E-state index < -0.39 is 0 Å². The van der Waals surface area contributed by atoms with Crippen molar-refractivity contribution in [3.05, 3.63) is 54.1 Å². The molecule has 0 radical (unpaired) electrons. The molecule has 0 fully saturated rings. The van der Waals surface area contributed by atoms with Crippen molar-refractivity contribution in [3.63, 3.8) is 0 Å². The van der Waals surface area contributed by atoms with Crippen molar-refractivity contribution < 1.29 is 0 Å². The number of rotatable bonds is 4. The summed E-state index contributed by atoms with van der Waals surface area (Å²) in [6.45, 7) is 4.32. The third-order valence-electron chi connectivity index (χ3n) is 3.05. The zero-order valence-corrected chi connectivity index (χ0v) is 10.6. The highest BCUT2D eigenvalue weighted by Crippen LogP contribution is 2.17. The lowest BCUT2D eigenvalue weighted by molar-refractivity contribution is 0.467. The molecule has 2 rings (SSSR count). The smallest absolute Gasteiger partial charge is 0.125 e. The lowest BCUT2D eigenvalue weighted by atomic mass is 10.1. The zero-order valence-electron chi connectivity index (χ0n) is 10.6. The number of benzene rings is 1. The third kappa shape index (κ3) is 2.74. The molecule has 3 heteroatoms. The number of nitrogens with zero attached hydrogens (tertiary/aromatic N) is 2. The molecule has 2 aromatic rings. The number of imidazole rings is 1. The van der Waals surface area contributed by atoms with E-state index in [1.165, 1.54) is 5.56 Å². The summed E-state index contributed by atoms with van der Waals surface area (Å²) in [4.78, 5) is 4.36. The van der Waals surface area contributed by atoms with E-state index in [2.05, 4.69) is 53.0 Å². The average molecular weight is 229 g/mol. The van der Waals surface area contributed by atoms with Gasteiger partial charge in [0.25, 0.3) is 0 Å². The van der Waals surface area contributed by atoms with Crippen molar-refractivity contribution in [1.29, 1.82) is 0 Å². The molecule has 3 nitrogen and oxygen atoms in total. The number of aryl methyl sites for hydroxylation is 1. The van der Waals surface area contributed by atoms with Gasteiger partial charge in [-0.2, -0.15) is 0 Å². The molecule has 1 N–H and O–H groups in total. The Hall–Kier alpha value is -1.61. The summed E-state index contributed by atoms with van der Waals surface area (Å²) in [6, 6.07) is 11.0. The van der Waals surface area contributed by atoms with Crippen molar-refractivity contribution >= 4 is 0 Å². The number of aromatic nitrogens is 2. The van der Waals surface area contributed by atoms with Gasteiger partial charge in [0.05, 0.1) is 6.04 Å². The topological polar surface area (TPSA) is 29.9 Å². The van der Waals surface area contributed by atoms with Gasteiger partial charge in [-0.3, -0.25) is 0 Å². The van der Waals surface area contributed by atoms with Crippen LogP contribution in [-0.2, 0) is 7.05 Å². The van der Waals surface area contributed by atoms with Gasteiger partial charge >= 0.3 is 0 Å². The predicted molar refractivity (Wildman–Crippen MR) is 69.6 cm³/mol. The monoisotopic (exact) mass is 229 g/mol. The SMILES string of the molecule is CC(N[C@@H](C)c1ccccc1)c1nccn1C. The molecule has 1 heterocycles. The molecular weight excluding hydrogens is 210 g/mol. The quantitative estimate of drug-likeness (QED) is 0.873. The fourth-order valence-electron chi connectivity index (χ4n) is 2.08. The van der Waals surface area contributed by atoms with E-state index in [9.17, 15) is 0 Å². The highest BCUT2D eigenvalue weighted by molar-refractivity contribution is 5.18. The van der Waals surface area contributed by atoms with E-state index in [1.54, 1.807) is 0 Å². The lowest BCUT2D eigenvalue weighted by Crippen LogP contribution is -2.24. The van der Waals surface area contributed by atoms with Gasteiger partial charge in [-0.15, -0.1) is 0 Å². The van der Waals surface area contributed by atoms with Gasteiger partial charge in [-0.1, -0.05) is 30.3 Å². The first kappa shape index (κ1) is 11.9. The Balaban J connectivity index is 2.05. The molecule has 0 saturated heterocycles. The van der Waals surface area contributed by atoms with Crippen molar-refractivity contribution in [2.75, 3.05) is 0 Å². The molecule has 0 saturated carbocycles. The first-order chi connectivity index (χ1) is 8.18. The molecule has 1 aromatic heterocycles. The van der Waals surface area contributed by atoms with Crippen molar-refractivity contribution in [1.82, 2.24) is 14.9 Å². The summed E-state index contributed by atoms with van der Waals surface area (Å²) in [6.07, 6.45) is 3.81. The normalized spacial score (nSPS) is 14.5. The van der Waals surface area contributed by atoms with Gasteiger partial charge in [0.1, 0.15) is 5.82 Å². The van der Waals surface area contributed by atoms with Crippen molar-refractivity contribution in [3.8, 4) is 0 Å². The van der Waals surface area contributed by atoms with E-state index in [0.29, 0.717) is 6.04 Å². The highest BCUT2D eigenvalue weighted by Gasteiger charge is 2.13. The van der Waals surface area contributed by atoms with Crippen LogP contribution >= 0.6 is 0 Å². The molecule has 0 amide bonds. The van der Waals surface area contributed by atoms with Crippen LogP contribution < -0.4 is 5.32 Å². The summed E-state index contributed by atoms with van der Waals surface area (Å²) in [5.74, 6) is 1.06. The van der Waals surface area contributed by atoms with E-state index in [4.69, 9.17) is 0 Å². The summed E-state index contributed by atoms with van der Waals surface area (Å²) in [5, 5.41) is 3.56. The minimum absolute atomic E-state index is 0.241. The second-order valence-corrected chi connectivity index (χ2v) is 4.42. The minimum Gasteiger partial charge on any atom is -0.337 e. The fraction of sp³-hybridized carbons (Fsp3) is 0.357. The Morgan fingerprint density at radius 3 is 2.41 bits per heavy atom. The molecule has 2 atom stereocenters. The van der Waals surface area contributed by atoms with E-state index in [1.807, 2.05) is 25.5 Å². The Kier molecular flexibility index (Phi) is 3.59. The van der Waals surface area contributed by atoms with Crippen LogP contribution in [0.1, 0.15) is 37.3 Å². The molecule has 0 aliphatic heterocycles. The van der Waals surface area contributed by atoms with Gasteiger partial charge in [0, 0.05) is 25.5 Å². The highest BCUT2D eigenvalue weighted by atomic mass is 15.1. The van der Waals surface area contributed by atoms with Gasteiger partial charge in [0.15, 0.2) is 0 Å². The van der Waals surface area contributed by atoms with Gasteiger partial charge in [-0.05, 0) is 19.4 Å². The molecular formula is C14H19N3. The van der Waals surface area contributed by atoms with Crippen LogP contribution in [0.3, 0.4) is 0 Å². The first-order valence-corrected chi connectivity index (χ1v) is 5.96. The van der Waals surface area contributed by atoms with Crippen molar-refractivity contribution in [2.24, 2.45) is 7.05 Å². The summed E-state index contributed by atoms with van der Waals surface area (Å²) >= 11 is 0. The standard InChI is InChI=1S/C14H19N3/c1-11(13-7-5-4-6-8-13)16-12(2)14-15-9-10-17(14)3/h4-12,16H,1-3H3/t11-,12?/m0/s1. The van der Waals surface area contributed by atoms with Crippen LogP contribution in [0.4, 0.5) is 0 Å². The molecule has 0 aliphatic carbocycles. The maximum absolute atomic E-state index is 4.36. The number of nitrogens with one attached hydrogen (secondary N) is 1. The van der Waals surface area contributed by atoms with Crippen LogP contribution in [-0.4, -0.2) is 9.55 Å². The largest absolute Gasteiger partial charge is 0.337 e. The average Bonchev–Trinajstić information content (AvgIpc) is 2.76. The predicted octanol–water partition coefficient (Wildman–Crippen LogP) is 2.83. The molecule has 90 valence electrons. The van der Waals surface area contributed by atoms with Crippen LogP contribution in [0.5, 0.6) is 0 Å². The number of hydrogen-bond donors (Lipinski definition) is 1. The second kappa shape index (κ2) is 5.15. The Morgan fingerprint density at radius 2 is 1.82 bits per heavy atom.